The summed E-state index contributed by atoms with van der Waals surface area (Å²) in [4.78, 5) is 12.7. The Morgan fingerprint density at radius 1 is 1.00 bits per heavy atom. The highest BCUT2D eigenvalue weighted by Crippen LogP contribution is 2.44. The predicted octanol–water partition coefficient (Wildman–Crippen LogP) is 5.03. The summed E-state index contributed by atoms with van der Waals surface area (Å²) in [6.45, 7) is 0.220. The summed E-state index contributed by atoms with van der Waals surface area (Å²) in [5.41, 5.74) is 4.80. The molecule has 0 saturated carbocycles. The number of fused-ring (bicyclic) bond motifs is 1. The Hall–Kier alpha value is -4.30. The zero-order chi connectivity index (χ0) is 21.9. The summed E-state index contributed by atoms with van der Waals surface area (Å²) in [5, 5.41) is 8.03. The summed E-state index contributed by atoms with van der Waals surface area (Å²) >= 11 is 0. The molecule has 32 heavy (non-hydrogen) atoms. The van der Waals surface area contributed by atoms with Crippen molar-refractivity contribution in [2.45, 2.75) is 12.3 Å². The number of terminal acetylenes is 1. The minimum atomic E-state index is -0.131. The van der Waals surface area contributed by atoms with Crippen LogP contribution in [0.15, 0.2) is 84.9 Å². The molecule has 1 aliphatic rings. The van der Waals surface area contributed by atoms with Crippen molar-refractivity contribution in [2.75, 3.05) is 11.9 Å². The number of aromatic nitrogens is 2. The first-order chi connectivity index (χ1) is 15.7. The molecular weight excluding hydrogens is 398 g/mol. The van der Waals surface area contributed by atoms with Crippen LogP contribution >= 0.6 is 0 Å². The highest BCUT2D eigenvalue weighted by atomic mass is 16.5. The van der Waals surface area contributed by atoms with Crippen molar-refractivity contribution in [3.63, 3.8) is 0 Å². The number of nitrogens with one attached hydrogen (secondary N) is 1. The largest absolute Gasteiger partial charge is 0.481 e. The van der Waals surface area contributed by atoms with E-state index in [1.807, 2.05) is 89.6 Å². The summed E-state index contributed by atoms with van der Waals surface area (Å²) in [6.07, 6.45) is 5.63. The van der Waals surface area contributed by atoms with Crippen LogP contribution in [0.25, 0.3) is 16.9 Å². The lowest BCUT2D eigenvalue weighted by molar-refractivity contribution is -0.116. The van der Waals surface area contributed by atoms with Gasteiger partial charge in [-0.25, -0.2) is 4.68 Å². The molecule has 1 aliphatic heterocycles. The molecule has 4 aromatic rings. The van der Waals surface area contributed by atoms with Gasteiger partial charge in [0.1, 0.15) is 18.2 Å². The van der Waals surface area contributed by atoms with Crippen LogP contribution in [0.5, 0.6) is 5.75 Å². The second-order valence-corrected chi connectivity index (χ2v) is 7.59. The fourth-order valence-electron chi connectivity index (χ4n) is 4.12. The average Bonchev–Trinajstić information content (AvgIpc) is 3.23. The molecule has 5 nitrogen and oxygen atoms in total. The third-order valence-corrected chi connectivity index (χ3v) is 5.57. The van der Waals surface area contributed by atoms with Crippen LogP contribution in [-0.4, -0.2) is 22.3 Å². The Bertz CT molecular complexity index is 1290. The van der Waals surface area contributed by atoms with Crippen molar-refractivity contribution < 1.29 is 9.53 Å². The van der Waals surface area contributed by atoms with E-state index >= 15 is 0 Å². The summed E-state index contributed by atoms with van der Waals surface area (Å²) < 4.78 is 7.34. The molecule has 0 aliphatic carbocycles. The fourth-order valence-corrected chi connectivity index (χ4v) is 4.12. The van der Waals surface area contributed by atoms with Crippen molar-refractivity contribution >= 4 is 11.7 Å². The average molecular weight is 419 g/mol. The highest BCUT2D eigenvalue weighted by Gasteiger charge is 2.34. The Labute approximate surface area is 186 Å². The van der Waals surface area contributed by atoms with Gasteiger partial charge in [-0.15, -0.1) is 6.42 Å². The van der Waals surface area contributed by atoms with Gasteiger partial charge in [-0.3, -0.25) is 4.79 Å². The van der Waals surface area contributed by atoms with Crippen molar-refractivity contribution in [3.05, 3.63) is 96.1 Å². The minimum Gasteiger partial charge on any atom is -0.481 e. The molecule has 0 bridgehead atoms. The standard InChI is InChI=1S/C27H21N3O2/c1-2-17-32-22-15-13-19(14-16-22)23-18-24(31)28-27-25(23)26(20-9-5-3-6-10-20)29-30(27)21-11-7-4-8-12-21/h1,3-16,23H,17-18H2,(H,28,31)/t23-/m1/s1. The van der Waals surface area contributed by atoms with Gasteiger partial charge < -0.3 is 10.1 Å². The van der Waals surface area contributed by atoms with Gasteiger partial charge in [0, 0.05) is 23.5 Å². The number of para-hydroxylation sites is 1. The van der Waals surface area contributed by atoms with Crippen LogP contribution in [0.4, 0.5) is 5.82 Å². The van der Waals surface area contributed by atoms with E-state index in [-0.39, 0.29) is 18.4 Å². The number of ether oxygens (including phenoxy) is 1. The first kappa shape index (κ1) is 19.7. The Kier molecular flexibility index (Phi) is 5.19. The van der Waals surface area contributed by atoms with Crippen LogP contribution in [0.2, 0.25) is 0 Å². The number of benzene rings is 3. The molecule has 3 aromatic carbocycles. The molecule has 156 valence electrons. The molecule has 5 rings (SSSR count). The number of carbonyl (C=O) groups excluding carboxylic acids is 1. The van der Waals surface area contributed by atoms with E-state index in [1.54, 1.807) is 0 Å². The lowest BCUT2D eigenvalue weighted by Crippen LogP contribution is -2.24. The predicted molar refractivity (Wildman–Crippen MR) is 125 cm³/mol. The molecule has 1 aromatic heterocycles. The molecule has 0 unspecified atom stereocenters. The van der Waals surface area contributed by atoms with Crippen LogP contribution in [0.1, 0.15) is 23.5 Å². The summed E-state index contributed by atoms with van der Waals surface area (Å²) in [5.74, 6) is 3.72. The normalized spacial score (nSPS) is 14.8. The van der Waals surface area contributed by atoms with Crippen LogP contribution in [0.3, 0.4) is 0 Å². The number of hydrogen-bond acceptors (Lipinski definition) is 3. The Morgan fingerprint density at radius 3 is 2.38 bits per heavy atom. The molecule has 0 saturated heterocycles. The third kappa shape index (κ3) is 3.63. The van der Waals surface area contributed by atoms with E-state index in [0.29, 0.717) is 18.0 Å². The smallest absolute Gasteiger partial charge is 0.226 e. The molecular formula is C27H21N3O2. The van der Waals surface area contributed by atoms with Crippen molar-refractivity contribution in [2.24, 2.45) is 0 Å². The van der Waals surface area contributed by atoms with Gasteiger partial charge in [0.25, 0.3) is 0 Å². The second-order valence-electron chi connectivity index (χ2n) is 7.59. The van der Waals surface area contributed by atoms with Gasteiger partial charge in [0.05, 0.1) is 11.4 Å². The highest BCUT2D eigenvalue weighted by molar-refractivity contribution is 5.96. The zero-order valence-electron chi connectivity index (χ0n) is 17.4. The SMILES string of the molecule is C#CCOc1ccc([C@H]2CC(=O)Nc3c2c(-c2ccccc2)nn3-c2ccccc2)cc1. The van der Waals surface area contributed by atoms with E-state index in [2.05, 4.69) is 11.2 Å². The van der Waals surface area contributed by atoms with Crippen LogP contribution < -0.4 is 10.1 Å². The van der Waals surface area contributed by atoms with Crippen molar-refractivity contribution in [1.82, 2.24) is 9.78 Å². The van der Waals surface area contributed by atoms with E-state index in [9.17, 15) is 4.79 Å². The maximum atomic E-state index is 12.7. The maximum Gasteiger partial charge on any atom is 0.226 e. The van der Waals surface area contributed by atoms with Crippen molar-refractivity contribution in [1.29, 1.82) is 0 Å². The molecule has 1 amide bonds. The van der Waals surface area contributed by atoms with Gasteiger partial charge in [-0.05, 0) is 29.8 Å². The lowest BCUT2D eigenvalue weighted by atomic mass is 9.84. The van der Waals surface area contributed by atoms with Gasteiger partial charge >= 0.3 is 0 Å². The quantitative estimate of drug-likeness (QED) is 0.462. The molecule has 0 spiro atoms. The maximum absolute atomic E-state index is 12.7. The zero-order valence-corrected chi connectivity index (χ0v) is 17.4. The van der Waals surface area contributed by atoms with Crippen LogP contribution in [-0.2, 0) is 4.79 Å². The number of nitrogens with zero attached hydrogens (tertiary/aromatic N) is 2. The summed E-state index contributed by atoms with van der Waals surface area (Å²) in [7, 11) is 0. The number of rotatable bonds is 5. The van der Waals surface area contributed by atoms with Gasteiger partial charge in [0.2, 0.25) is 5.91 Å². The monoisotopic (exact) mass is 419 g/mol. The number of anilines is 1. The van der Waals surface area contributed by atoms with E-state index in [4.69, 9.17) is 16.3 Å². The van der Waals surface area contributed by atoms with E-state index < -0.39 is 0 Å². The topological polar surface area (TPSA) is 56.1 Å². The Morgan fingerprint density at radius 2 is 1.69 bits per heavy atom. The van der Waals surface area contributed by atoms with Gasteiger partial charge in [-0.1, -0.05) is 66.6 Å². The molecule has 2 heterocycles. The number of hydrogen-bond donors (Lipinski definition) is 1. The molecule has 0 radical (unpaired) electrons. The Balaban J connectivity index is 1.67. The molecule has 1 atom stereocenters. The second kappa shape index (κ2) is 8.44. The number of carbonyl (C=O) groups is 1. The van der Waals surface area contributed by atoms with Crippen LogP contribution in [0, 0.1) is 12.3 Å². The molecule has 5 heteroatoms. The van der Waals surface area contributed by atoms with E-state index in [0.717, 1.165) is 28.1 Å². The third-order valence-electron chi connectivity index (χ3n) is 5.57. The summed E-state index contributed by atoms with van der Waals surface area (Å²) in [6, 6.07) is 27.7. The van der Waals surface area contributed by atoms with E-state index in [1.165, 1.54) is 0 Å². The molecule has 1 N–H and O–H groups in total. The van der Waals surface area contributed by atoms with Gasteiger partial charge in [0.15, 0.2) is 0 Å². The lowest BCUT2D eigenvalue weighted by Gasteiger charge is -2.25. The first-order valence-electron chi connectivity index (χ1n) is 10.4. The minimum absolute atomic E-state index is 0.0353. The fraction of sp³-hybridized carbons (Fsp3) is 0.111. The van der Waals surface area contributed by atoms with Gasteiger partial charge in [-0.2, -0.15) is 5.10 Å². The first-order valence-corrected chi connectivity index (χ1v) is 10.4. The molecule has 0 fully saturated rings. The number of amides is 1. The van der Waals surface area contributed by atoms with Crippen molar-refractivity contribution in [3.8, 4) is 35.0 Å².